The summed E-state index contributed by atoms with van der Waals surface area (Å²) in [5.41, 5.74) is 7.72. The number of benzene rings is 1. The first-order valence-electron chi connectivity index (χ1n) is 4.70. The topological polar surface area (TPSA) is 55.6 Å². The van der Waals surface area contributed by atoms with E-state index in [9.17, 15) is 4.79 Å². The summed E-state index contributed by atoms with van der Waals surface area (Å²) in [6.07, 6.45) is 0. The fourth-order valence-corrected chi connectivity index (χ4v) is 1.20. The van der Waals surface area contributed by atoms with E-state index in [1.54, 1.807) is 0 Å². The van der Waals surface area contributed by atoms with Gasteiger partial charge in [0.25, 0.3) is 5.91 Å². The highest BCUT2D eigenvalue weighted by molar-refractivity contribution is 5.81. The maximum atomic E-state index is 11.6. The molecule has 2 N–H and O–H groups in total. The average Bonchev–Trinajstić information content (AvgIpc) is 2.27. The van der Waals surface area contributed by atoms with Crippen LogP contribution in [0.1, 0.15) is 17.2 Å². The van der Waals surface area contributed by atoms with Crippen LogP contribution in [0.5, 0.6) is 0 Å². The van der Waals surface area contributed by atoms with E-state index < -0.39 is 6.04 Å². The third-order valence-electron chi connectivity index (χ3n) is 2.29. The van der Waals surface area contributed by atoms with Crippen LogP contribution in [0, 0.1) is 6.92 Å². The van der Waals surface area contributed by atoms with Crippen molar-refractivity contribution in [1.29, 1.82) is 0 Å². The average molecular weight is 208 g/mol. The normalized spacial score (nSPS) is 12.3. The molecule has 82 valence electrons. The van der Waals surface area contributed by atoms with E-state index in [0.717, 1.165) is 16.2 Å². The third-order valence-corrected chi connectivity index (χ3v) is 2.29. The molecule has 15 heavy (non-hydrogen) atoms. The Morgan fingerprint density at radius 2 is 1.93 bits per heavy atom. The summed E-state index contributed by atoms with van der Waals surface area (Å²) in [5.74, 6) is -0.263. The Morgan fingerprint density at radius 3 is 2.40 bits per heavy atom. The number of hydroxylamine groups is 2. The van der Waals surface area contributed by atoms with Crippen molar-refractivity contribution in [2.24, 2.45) is 5.73 Å². The van der Waals surface area contributed by atoms with Crippen LogP contribution >= 0.6 is 0 Å². The zero-order valence-corrected chi connectivity index (χ0v) is 9.23. The number of carbonyl (C=O) groups is 1. The molecule has 0 saturated carbocycles. The van der Waals surface area contributed by atoms with E-state index in [1.807, 2.05) is 31.2 Å². The van der Waals surface area contributed by atoms with Crippen molar-refractivity contribution in [3.8, 4) is 0 Å². The predicted octanol–water partition coefficient (Wildman–Crippen LogP) is 1.01. The lowest BCUT2D eigenvalue weighted by atomic mass is 10.1. The molecule has 4 heteroatoms. The molecule has 0 heterocycles. The largest absolute Gasteiger partial charge is 0.316 e. The van der Waals surface area contributed by atoms with Crippen molar-refractivity contribution in [3.63, 3.8) is 0 Å². The van der Waals surface area contributed by atoms with Gasteiger partial charge in [0.05, 0.1) is 7.11 Å². The zero-order valence-electron chi connectivity index (χ0n) is 9.23. The molecule has 1 unspecified atom stereocenters. The summed E-state index contributed by atoms with van der Waals surface area (Å²) in [6.45, 7) is 1.98. The van der Waals surface area contributed by atoms with Crippen molar-refractivity contribution < 1.29 is 9.63 Å². The molecule has 0 aliphatic carbocycles. The second-order valence-corrected chi connectivity index (χ2v) is 3.41. The number of rotatable bonds is 3. The minimum absolute atomic E-state index is 0.263. The van der Waals surface area contributed by atoms with Crippen molar-refractivity contribution >= 4 is 5.91 Å². The maximum Gasteiger partial charge on any atom is 0.267 e. The molecule has 4 nitrogen and oxygen atoms in total. The number of aryl methyl sites for hydroxylation is 1. The molecule has 1 atom stereocenters. The Hall–Kier alpha value is -1.39. The fraction of sp³-hybridized carbons (Fsp3) is 0.364. The molecular formula is C11H16N2O2. The minimum atomic E-state index is -0.671. The Bertz CT molecular complexity index is 335. The molecule has 0 saturated heterocycles. The van der Waals surface area contributed by atoms with Crippen LogP contribution in [0.4, 0.5) is 0 Å². The lowest BCUT2D eigenvalue weighted by molar-refractivity contribution is -0.170. The van der Waals surface area contributed by atoms with Crippen LogP contribution in [-0.2, 0) is 9.63 Å². The van der Waals surface area contributed by atoms with Gasteiger partial charge in [0.15, 0.2) is 0 Å². The highest BCUT2D eigenvalue weighted by Gasteiger charge is 2.19. The van der Waals surface area contributed by atoms with E-state index in [4.69, 9.17) is 10.6 Å². The summed E-state index contributed by atoms with van der Waals surface area (Å²) in [5, 5.41) is 1.13. The number of amides is 1. The second-order valence-electron chi connectivity index (χ2n) is 3.41. The van der Waals surface area contributed by atoms with Gasteiger partial charge < -0.3 is 5.73 Å². The molecule has 0 aromatic heterocycles. The van der Waals surface area contributed by atoms with Gasteiger partial charge >= 0.3 is 0 Å². The van der Waals surface area contributed by atoms with Crippen molar-refractivity contribution in [2.75, 3.05) is 14.2 Å². The number of likely N-dealkylation sites (N-methyl/N-ethyl adjacent to an activating group) is 1. The number of nitrogens with two attached hydrogens (primary N) is 1. The second kappa shape index (κ2) is 4.91. The first kappa shape index (κ1) is 11.7. The first-order valence-corrected chi connectivity index (χ1v) is 4.70. The summed E-state index contributed by atoms with van der Waals surface area (Å²) in [7, 11) is 2.97. The molecule has 1 aromatic carbocycles. The first-order chi connectivity index (χ1) is 7.06. The van der Waals surface area contributed by atoms with Crippen LogP contribution in [-0.4, -0.2) is 25.1 Å². The van der Waals surface area contributed by atoms with Crippen LogP contribution in [0.2, 0.25) is 0 Å². The zero-order chi connectivity index (χ0) is 11.4. The standard InChI is InChI=1S/C11H16N2O2/c1-8-4-6-9(7-5-8)10(12)11(14)13(2)15-3/h4-7,10H,12H2,1-3H3. The van der Waals surface area contributed by atoms with Crippen molar-refractivity contribution in [3.05, 3.63) is 35.4 Å². The van der Waals surface area contributed by atoms with Crippen molar-refractivity contribution in [2.45, 2.75) is 13.0 Å². The van der Waals surface area contributed by atoms with Gasteiger partial charge in [-0.1, -0.05) is 29.8 Å². The smallest absolute Gasteiger partial charge is 0.267 e. The molecule has 0 radical (unpaired) electrons. The summed E-state index contributed by atoms with van der Waals surface area (Å²) < 4.78 is 0. The Morgan fingerprint density at radius 1 is 1.40 bits per heavy atom. The number of hydrogen-bond donors (Lipinski definition) is 1. The molecule has 0 bridgehead atoms. The van der Waals surface area contributed by atoms with Crippen LogP contribution in [0.25, 0.3) is 0 Å². The quantitative estimate of drug-likeness (QED) is 0.754. The molecule has 0 aliphatic rings. The minimum Gasteiger partial charge on any atom is -0.316 e. The van der Waals surface area contributed by atoms with Crippen molar-refractivity contribution in [1.82, 2.24) is 5.06 Å². The molecule has 0 spiro atoms. The van der Waals surface area contributed by atoms with E-state index >= 15 is 0 Å². The fourth-order valence-electron chi connectivity index (χ4n) is 1.20. The maximum absolute atomic E-state index is 11.6. The highest BCUT2D eigenvalue weighted by Crippen LogP contribution is 2.13. The lowest BCUT2D eigenvalue weighted by Crippen LogP contribution is -2.35. The highest BCUT2D eigenvalue weighted by atomic mass is 16.7. The monoisotopic (exact) mass is 208 g/mol. The van der Waals surface area contributed by atoms with E-state index in [1.165, 1.54) is 14.2 Å². The molecule has 0 aliphatic heterocycles. The molecule has 1 aromatic rings. The predicted molar refractivity (Wildman–Crippen MR) is 57.9 cm³/mol. The summed E-state index contributed by atoms with van der Waals surface area (Å²) >= 11 is 0. The van der Waals surface area contributed by atoms with Crippen LogP contribution < -0.4 is 5.73 Å². The van der Waals surface area contributed by atoms with Gasteiger partial charge in [-0.05, 0) is 12.5 Å². The molecule has 1 amide bonds. The van der Waals surface area contributed by atoms with Gasteiger partial charge in [0.1, 0.15) is 6.04 Å². The van der Waals surface area contributed by atoms with Gasteiger partial charge in [-0.2, -0.15) is 0 Å². The number of hydrogen-bond acceptors (Lipinski definition) is 3. The van der Waals surface area contributed by atoms with E-state index in [2.05, 4.69) is 0 Å². The Balaban J connectivity index is 2.80. The third kappa shape index (κ3) is 2.78. The number of nitrogens with zero attached hydrogens (tertiary/aromatic N) is 1. The lowest BCUT2D eigenvalue weighted by Gasteiger charge is -2.18. The molecule has 0 fully saturated rings. The summed E-state index contributed by atoms with van der Waals surface area (Å²) in [6, 6.07) is 6.88. The van der Waals surface area contributed by atoms with Gasteiger partial charge in [0, 0.05) is 7.05 Å². The summed E-state index contributed by atoms with van der Waals surface area (Å²) in [4.78, 5) is 16.4. The SMILES string of the molecule is CON(C)C(=O)C(N)c1ccc(C)cc1. The van der Waals surface area contributed by atoms with Crippen LogP contribution in [0.15, 0.2) is 24.3 Å². The van der Waals surface area contributed by atoms with Gasteiger partial charge in [-0.15, -0.1) is 0 Å². The van der Waals surface area contributed by atoms with E-state index in [-0.39, 0.29) is 5.91 Å². The molecule has 1 rings (SSSR count). The molecular weight excluding hydrogens is 192 g/mol. The Kier molecular flexibility index (Phi) is 3.82. The van der Waals surface area contributed by atoms with Gasteiger partial charge in [0.2, 0.25) is 0 Å². The van der Waals surface area contributed by atoms with E-state index in [0.29, 0.717) is 0 Å². The van der Waals surface area contributed by atoms with Gasteiger partial charge in [-0.3, -0.25) is 9.63 Å². The van der Waals surface area contributed by atoms with Crippen LogP contribution in [0.3, 0.4) is 0 Å². The Labute approximate surface area is 89.6 Å². The van der Waals surface area contributed by atoms with Gasteiger partial charge in [-0.25, -0.2) is 5.06 Å². The number of carbonyl (C=O) groups excluding carboxylic acids is 1.